The molecule has 2 heterocycles. The molecule has 0 aliphatic heterocycles. The molecule has 0 aliphatic carbocycles. The normalized spacial score (nSPS) is 10.4. The highest BCUT2D eigenvalue weighted by molar-refractivity contribution is 5.73. The minimum absolute atomic E-state index is 0.0902. The Morgan fingerprint density at radius 3 is 3.07 bits per heavy atom. The number of anilines is 1. The summed E-state index contributed by atoms with van der Waals surface area (Å²) in [4.78, 5) is 24.8. The van der Waals surface area contributed by atoms with Gasteiger partial charge in [-0.25, -0.2) is 4.98 Å². The zero-order chi connectivity index (χ0) is 10.1. The molecular formula is C7H7N5O2. The molecule has 3 N–H and O–H groups in total. The number of rotatable bonds is 1. The number of nitrogens with one attached hydrogen (secondary N) is 1. The van der Waals surface area contributed by atoms with Crippen LogP contribution >= 0.6 is 0 Å². The summed E-state index contributed by atoms with van der Waals surface area (Å²) in [6.07, 6.45) is 1.47. The number of nitrogens with two attached hydrogens (primary N) is 1. The summed E-state index contributed by atoms with van der Waals surface area (Å²) >= 11 is 0. The number of aromatic nitrogens is 4. The van der Waals surface area contributed by atoms with Crippen LogP contribution in [0.3, 0.4) is 0 Å². The van der Waals surface area contributed by atoms with Gasteiger partial charge in [-0.05, 0) is 0 Å². The molecule has 0 atom stereocenters. The molecule has 2 aromatic heterocycles. The largest absolute Gasteiger partial charge is 0.392 e. The fourth-order valence-corrected chi connectivity index (χ4v) is 0.983. The van der Waals surface area contributed by atoms with Crippen molar-refractivity contribution in [1.82, 2.24) is 19.9 Å². The minimum Gasteiger partial charge on any atom is -0.392 e. The van der Waals surface area contributed by atoms with E-state index in [4.69, 9.17) is 10.5 Å². The van der Waals surface area contributed by atoms with Gasteiger partial charge in [0.1, 0.15) is 5.52 Å². The monoisotopic (exact) mass is 193 g/mol. The predicted octanol–water partition coefficient (Wildman–Crippen LogP) is -0.140. The van der Waals surface area contributed by atoms with Crippen LogP contribution < -0.4 is 10.5 Å². The third kappa shape index (κ3) is 1.47. The number of nitrogens with zero attached hydrogens (tertiary/aromatic N) is 3. The van der Waals surface area contributed by atoms with Crippen molar-refractivity contribution in [2.75, 3.05) is 5.73 Å². The second kappa shape index (κ2) is 2.95. The summed E-state index contributed by atoms with van der Waals surface area (Å²) in [5, 5.41) is 0. The Balaban J connectivity index is 2.46. The van der Waals surface area contributed by atoms with Gasteiger partial charge in [-0.1, -0.05) is 0 Å². The summed E-state index contributed by atoms with van der Waals surface area (Å²) in [6, 6.07) is 0.0902. The number of imidazole rings is 1. The third-order valence-electron chi connectivity index (χ3n) is 1.48. The molecule has 2 rings (SSSR count). The molecule has 0 radical (unpaired) electrons. The molecule has 0 bridgehead atoms. The number of H-pyrrole nitrogens is 1. The molecule has 0 fully saturated rings. The summed E-state index contributed by atoms with van der Waals surface area (Å²) in [5.41, 5.74) is 6.28. The van der Waals surface area contributed by atoms with Crippen LogP contribution in [0.1, 0.15) is 6.92 Å². The first kappa shape index (κ1) is 8.42. The van der Waals surface area contributed by atoms with E-state index in [2.05, 4.69) is 19.9 Å². The average molecular weight is 193 g/mol. The van der Waals surface area contributed by atoms with E-state index in [0.29, 0.717) is 11.2 Å². The van der Waals surface area contributed by atoms with Gasteiger partial charge in [-0.3, -0.25) is 4.79 Å². The number of hydrogen-bond acceptors (Lipinski definition) is 6. The first-order valence-corrected chi connectivity index (χ1v) is 3.82. The number of esters is 1. The van der Waals surface area contributed by atoms with E-state index >= 15 is 0 Å². The lowest BCUT2D eigenvalue weighted by Crippen LogP contribution is -2.02. The topological polar surface area (TPSA) is 107 Å². The molecule has 72 valence electrons. The number of nitrogen functional groups attached to an aromatic ring is 1. The number of ether oxygens (including phenoxy) is 1. The minimum atomic E-state index is -0.454. The van der Waals surface area contributed by atoms with E-state index in [1.165, 1.54) is 13.1 Å². The van der Waals surface area contributed by atoms with Crippen LogP contribution in [-0.2, 0) is 4.79 Å². The number of carbonyl (C=O) groups is 1. The fourth-order valence-electron chi connectivity index (χ4n) is 0.983. The maximum absolute atomic E-state index is 10.6. The lowest BCUT2D eigenvalue weighted by atomic mass is 10.6. The SMILES string of the molecule is CC(=O)Oc1nc2nc(N)ncc2[nH]1. The van der Waals surface area contributed by atoms with Crippen molar-refractivity contribution in [2.24, 2.45) is 0 Å². The van der Waals surface area contributed by atoms with Gasteiger partial charge >= 0.3 is 12.0 Å². The van der Waals surface area contributed by atoms with Gasteiger partial charge < -0.3 is 15.5 Å². The van der Waals surface area contributed by atoms with E-state index < -0.39 is 5.97 Å². The van der Waals surface area contributed by atoms with Crippen LogP contribution in [-0.4, -0.2) is 25.9 Å². The van der Waals surface area contributed by atoms with Gasteiger partial charge in [0.15, 0.2) is 5.65 Å². The molecule has 0 amide bonds. The van der Waals surface area contributed by atoms with Gasteiger partial charge in [-0.15, -0.1) is 0 Å². The Morgan fingerprint density at radius 2 is 2.36 bits per heavy atom. The Bertz CT molecular complexity index is 492. The van der Waals surface area contributed by atoms with E-state index in [9.17, 15) is 4.79 Å². The number of fused-ring (bicyclic) bond motifs is 1. The summed E-state index contributed by atoms with van der Waals surface area (Å²) in [5.74, 6) is -0.330. The Hall–Kier alpha value is -2.18. The zero-order valence-corrected chi connectivity index (χ0v) is 7.31. The van der Waals surface area contributed by atoms with Crippen molar-refractivity contribution in [3.63, 3.8) is 0 Å². The van der Waals surface area contributed by atoms with Crippen molar-refractivity contribution >= 4 is 23.1 Å². The van der Waals surface area contributed by atoms with E-state index in [0.717, 1.165) is 0 Å². The maximum atomic E-state index is 10.6. The molecule has 2 aromatic rings. The van der Waals surface area contributed by atoms with E-state index in [-0.39, 0.29) is 12.0 Å². The highest BCUT2D eigenvalue weighted by Crippen LogP contribution is 2.13. The van der Waals surface area contributed by atoms with Gasteiger partial charge in [-0.2, -0.15) is 9.97 Å². The molecule has 7 nitrogen and oxygen atoms in total. The number of carbonyl (C=O) groups excluding carboxylic acids is 1. The molecule has 0 spiro atoms. The second-order valence-electron chi connectivity index (χ2n) is 2.60. The quantitative estimate of drug-likeness (QED) is 0.610. The summed E-state index contributed by atoms with van der Waals surface area (Å²) in [6.45, 7) is 1.28. The lowest BCUT2D eigenvalue weighted by molar-refractivity contribution is -0.132. The second-order valence-corrected chi connectivity index (χ2v) is 2.60. The van der Waals surface area contributed by atoms with Gasteiger partial charge in [0.25, 0.3) is 0 Å². The molecule has 14 heavy (non-hydrogen) atoms. The van der Waals surface area contributed by atoms with Crippen LogP contribution in [0, 0.1) is 0 Å². The molecule has 0 saturated heterocycles. The predicted molar refractivity (Wildman–Crippen MR) is 47.4 cm³/mol. The van der Waals surface area contributed by atoms with Crippen LogP contribution in [0.5, 0.6) is 6.01 Å². The lowest BCUT2D eigenvalue weighted by Gasteiger charge is -1.91. The van der Waals surface area contributed by atoms with Gasteiger partial charge in [0.05, 0.1) is 6.20 Å². The molecule has 0 saturated carbocycles. The van der Waals surface area contributed by atoms with Crippen molar-refractivity contribution in [1.29, 1.82) is 0 Å². The third-order valence-corrected chi connectivity index (χ3v) is 1.48. The van der Waals surface area contributed by atoms with E-state index in [1.807, 2.05) is 0 Å². The van der Waals surface area contributed by atoms with Gasteiger partial charge in [0.2, 0.25) is 5.95 Å². The van der Waals surface area contributed by atoms with Crippen molar-refractivity contribution in [3.05, 3.63) is 6.20 Å². The molecule has 0 aliphatic rings. The number of aromatic amines is 1. The van der Waals surface area contributed by atoms with Crippen LogP contribution in [0.15, 0.2) is 6.20 Å². The smallest absolute Gasteiger partial charge is 0.310 e. The molecule has 7 heteroatoms. The van der Waals surface area contributed by atoms with Crippen LogP contribution in [0.2, 0.25) is 0 Å². The first-order chi connectivity index (χ1) is 6.65. The standard InChI is InChI=1S/C7H7N5O2/c1-3(13)14-7-10-4-2-9-6(8)11-5(4)12-7/h2H,1H3,(H3,8,9,10,11,12). The fraction of sp³-hybridized carbons (Fsp3) is 0.143. The van der Waals surface area contributed by atoms with E-state index in [1.54, 1.807) is 0 Å². The van der Waals surface area contributed by atoms with Crippen molar-refractivity contribution in [2.45, 2.75) is 6.92 Å². The molecular weight excluding hydrogens is 186 g/mol. The summed E-state index contributed by atoms with van der Waals surface area (Å²) in [7, 11) is 0. The van der Waals surface area contributed by atoms with Crippen LogP contribution in [0.4, 0.5) is 5.95 Å². The summed E-state index contributed by atoms with van der Waals surface area (Å²) < 4.78 is 4.72. The average Bonchev–Trinajstić information content (AvgIpc) is 2.44. The van der Waals surface area contributed by atoms with Crippen LogP contribution in [0.25, 0.3) is 11.2 Å². The molecule has 0 aromatic carbocycles. The maximum Gasteiger partial charge on any atom is 0.310 e. The molecule has 0 unspecified atom stereocenters. The van der Waals surface area contributed by atoms with Gasteiger partial charge in [0, 0.05) is 6.92 Å². The highest BCUT2D eigenvalue weighted by Gasteiger charge is 2.07. The highest BCUT2D eigenvalue weighted by atomic mass is 16.5. The Morgan fingerprint density at radius 1 is 1.57 bits per heavy atom. The Labute approximate surface area is 78.3 Å². The Kier molecular flexibility index (Phi) is 1.77. The number of hydrogen-bond donors (Lipinski definition) is 2. The van der Waals surface area contributed by atoms with Crippen molar-refractivity contribution in [3.8, 4) is 6.01 Å². The zero-order valence-electron chi connectivity index (χ0n) is 7.31. The first-order valence-electron chi connectivity index (χ1n) is 3.82. The van der Waals surface area contributed by atoms with Crippen molar-refractivity contribution < 1.29 is 9.53 Å².